The van der Waals surface area contributed by atoms with Crippen LogP contribution in [0.5, 0.6) is 0 Å². The molecule has 28 heavy (non-hydrogen) atoms. The van der Waals surface area contributed by atoms with E-state index >= 15 is 0 Å². The zero-order valence-electron chi connectivity index (χ0n) is 16.3. The van der Waals surface area contributed by atoms with Crippen molar-refractivity contribution in [1.82, 2.24) is 0 Å². The first-order valence-electron chi connectivity index (χ1n) is 9.36. The van der Waals surface area contributed by atoms with Crippen molar-refractivity contribution >= 4 is 18.0 Å². The van der Waals surface area contributed by atoms with E-state index in [9.17, 15) is 29.7 Å². The number of carbonyl (C=O) groups excluding carboxylic acids is 3. The van der Waals surface area contributed by atoms with Gasteiger partial charge in [-0.15, -0.1) is 6.58 Å². The minimum absolute atomic E-state index is 0.0170. The molecule has 0 spiro atoms. The van der Waals surface area contributed by atoms with Crippen LogP contribution < -0.4 is 0 Å². The van der Waals surface area contributed by atoms with Gasteiger partial charge >= 0.3 is 0 Å². The Kier molecular flexibility index (Phi) is 4.88. The van der Waals surface area contributed by atoms with Crippen LogP contribution >= 0.6 is 0 Å². The summed E-state index contributed by atoms with van der Waals surface area (Å²) < 4.78 is 5.22. The summed E-state index contributed by atoms with van der Waals surface area (Å²) >= 11 is 0. The SMILES string of the molecule is C=CCC1=C(O)C2=C(C(=O)C1=O)[C@@]1(C)CC[C@@H](OC=O)C(C)(C)[C@@H]1[C@H](O)[C@H]2O. The van der Waals surface area contributed by atoms with E-state index in [2.05, 4.69) is 6.58 Å². The Hall–Kier alpha value is -2.25. The molecule has 0 bridgehead atoms. The molecule has 7 nitrogen and oxygen atoms in total. The second kappa shape index (κ2) is 6.67. The number of Topliss-reactive ketones (excluding diaryl/α,β-unsaturated/α-hetero) is 2. The van der Waals surface area contributed by atoms with Crippen LogP contribution in [0.4, 0.5) is 0 Å². The number of ether oxygens (including phenoxy) is 1. The summed E-state index contributed by atoms with van der Waals surface area (Å²) in [5.74, 6) is -2.70. The summed E-state index contributed by atoms with van der Waals surface area (Å²) in [7, 11) is 0. The summed E-state index contributed by atoms with van der Waals surface area (Å²) in [5.41, 5.74) is -1.89. The second-order valence-electron chi connectivity index (χ2n) is 8.68. The molecule has 0 aromatic heterocycles. The maximum absolute atomic E-state index is 13.1. The average Bonchev–Trinajstić information content (AvgIpc) is 2.62. The first kappa shape index (κ1) is 20.5. The lowest BCUT2D eigenvalue weighted by molar-refractivity contribution is -0.178. The van der Waals surface area contributed by atoms with E-state index in [0.29, 0.717) is 19.3 Å². The third-order valence-electron chi connectivity index (χ3n) is 6.86. The van der Waals surface area contributed by atoms with Crippen molar-refractivity contribution in [3.8, 4) is 0 Å². The summed E-state index contributed by atoms with van der Waals surface area (Å²) in [4.78, 5) is 36.6. The fourth-order valence-corrected chi connectivity index (χ4v) is 5.69. The smallest absolute Gasteiger partial charge is 0.293 e. The Morgan fingerprint density at radius 2 is 1.86 bits per heavy atom. The Labute approximate surface area is 163 Å². The third-order valence-corrected chi connectivity index (χ3v) is 6.86. The minimum atomic E-state index is -1.54. The first-order valence-corrected chi connectivity index (χ1v) is 9.36. The molecule has 0 unspecified atom stereocenters. The van der Waals surface area contributed by atoms with Crippen LogP contribution in [0, 0.1) is 16.7 Å². The predicted octanol–water partition coefficient (Wildman–Crippen LogP) is 1.54. The monoisotopic (exact) mass is 390 g/mol. The van der Waals surface area contributed by atoms with Crippen LogP contribution in [0.2, 0.25) is 0 Å². The van der Waals surface area contributed by atoms with Gasteiger partial charge in [0.2, 0.25) is 11.6 Å². The van der Waals surface area contributed by atoms with Crippen molar-refractivity contribution in [2.45, 2.75) is 58.3 Å². The van der Waals surface area contributed by atoms with E-state index in [1.54, 1.807) is 20.8 Å². The Bertz CT molecular complexity index is 819. The van der Waals surface area contributed by atoms with Gasteiger partial charge in [0, 0.05) is 33.5 Å². The molecule has 1 fully saturated rings. The zero-order chi connectivity index (χ0) is 21.0. The molecule has 0 aromatic carbocycles. The van der Waals surface area contributed by atoms with Crippen molar-refractivity contribution in [2.24, 2.45) is 16.7 Å². The number of carbonyl (C=O) groups is 3. The van der Waals surface area contributed by atoms with Gasteiger partial charge in [-0.1, -0.05) is 26.8 Å². The molecule has 3 N–H and O–H groups in total. The van der Waals surface area contributed by atoms with E-state index in [4.69, 9.17) is 4.74 Å². The minimum Gasteiger partial charge on any atom is -0.507 e. The molecule has 0 radical (unpaired) electrons. The van der Waals surface area contributed by atoms with Crippen molar-refractivity contribution < 1.29 is 34.4 Å². The Morgan fingerprint density at radius 1 is 1.21 bits per heavy atom. The van der Waals surface area contributed by atoms with Crippen molar-refractivity contribution in [3.63, 3.8) is 0 Å². The van der Waals surface area contributed by atoms with E-state index in [1.165, 1.54) is 6.08 Å². The molecule has 1 saturated carbocycles. The average molecular weight is 390 g/mol. The largest absolute Gasteiger partial charge is 0.507 e. The van der Waals surface area contributed by atoms with Crippen LogP contribution in [0.3, 0.4) is 0 Å². The highest BCUT2D eigenvalue weighted by molar-refractivity contribution is 6.50. The van der Waals surface area contributed by atoms with Gasteiger partial charge in [0.25, 0.3) is 6.47 Å². The number of aliphatic hydroxyl groups is 3. The molecule has 3 aliphatic rings. The van der Waals surface area contributed by atoms with Crippen LogP contribution in [0.15, 0.2) is 35.1 Å². The van der Waals surface area contributed by atoms with Crippen LogP contribution in [0.1, 0.15) is 40.0 Å². The fourth-order valence-electron chi connectivity index (χ4n) is 5.69. The summed E-state index contributed by atoms with van der Waals surface area (Å²) in [6, 6.07) is 0. The summed E-state index contributed by atoms with van der Waals surface area (Å²) in [6.07, 6.45) is -1.22. The molecule has 152 valence electrons. The van der Waals surface area contributed by atoms with Gasteiger partial charge in [-0.25, -0.2) is 0 Å². The topological polar surface area (TPSA) is 121 Å². The number of fused-ring (bicyclic) bond motifs is 2. The highest BCUT2D eigenvalue weighted by Crippen LogP contribution is 2.61. The molecule has 0 amide bonds. The normalized spacial score (nSPS) is 37.3. The van der Waals surface area contributed by atoms with Crippen molar-refractivity contribution in [2.75, 3.05) is 0 Å². The number of allylic oxidation sites excluding steroid dienone is 3. The van der Waals surface area contributed by atoms with Gasteiger partial charge in [0.15, 0.2) is 0 Å². The standard InChI is InChI=1S/C21H26O7/c1-5-6-10-14(23)12-13(17(26)15(10)24)21(4)8-7-11(28-9-22)20(2,3)19(21)18(27)16(12)25/h5,9,11,16,18-19,23,25,27H,1,6-8H2,2-4H3/t11-,16+,18-,19+,21-/m1/s1. The summed E-state index contributed by atoms with van der Waals surface area (Å²) in [5, 5.41) is 32.5. The van der Waals surface area contributed by atoms with E-state index in [0.717, 1.165) is 0 Å². The molecular weight excluding hydrogens is 364 g/mol. The highest BCUT2D eigenvalue weighted by atomic mass is 16.5. The Morgan fingerprint density at radius 3 is 2.43 bits per heavy atom. The van der Waals surface area contributed by atoms with Crippen molar-refractivity contribution in [1.29, 1.82) is 0 Å². The number of rotatable bonds is 4. The maximum atomic E-state index is 13.1. The summed E-state index contributed by atoms with van der Waals surface area (Å²) in [6.45, 7) is 9.26. The quantitative estimate of drug-likeness (QED) is 0.288. The third kappa shape index (κ3) is 2.53. The number of hydrogen-bond donors (Lipinski definition) is 3. The van der Waals surface area contributed by atoms with E-state index < -0.39 is 52.4 Å². The van der Waals surface area contributed by atoms with Gasteiger partial charge in [0.1, 0.15) is 18.0 Å². The molecule has 3 aliphatic carbocycles. The fraction of sp³-hybridized carbons (Fsp3) is 0.571. The van der Waals surface area contributed by atoms with Gasteiger partial charge in [-0.2, -0.15) is 0 Å². The van der Waals surface area contributed by atoms with E-state index in [1.807, 2.05) is 0 Å². The maximum Gasteiger partial charge on any atom is 0.293 e. The van der Waals surface area contributed by atoms with E-state index in [-0.39, 0.29) is 23.1 Å². The first-order chi connectivity index (χ1) is 13.0. The molecule has 5 atom stereocenters. The molecule has 3 rings (SSSR count). The number of ketones is 2. The molecule has 0 heterocycles. The molecule has 0 saturated heterocycles. The van der Waals surface area contributed by atoms with Gasteiger partial charge in [-0.3, -0.25) is 14.4 Å². The van der Waals surface area contributed by atoms with Gasteiger partial charge in [-0.05, 0) is 19.3 Å². The molecule has 0 aromatic rings. The van der Waals surface area contributed by atoms with Gasteiger partial charge in [0.05, 0.1) is 6.10 Å². The molecule has 7 heteroatoms. The van der Waals surface area contributed by atoms with Crippen LogP contribution in [0.25, 0.3) is 0 Å². The number of hydrogen-bond acceptors (Lipinski definition) is 7. The second-order valence-corrected chi connectivity index (χ2v) is 8.68. The lowest BCUT2D eigenvalue weighted by Crippen LogP contribution is -2.62. The highest BCUT2D eigenvalue weighted by Gasteiger charge is 2.63. The van der Waals surface area contributed by atoms with Crippen LogP contribution in [-0.4, -0.2) is 51.7 Å². The Balaban J connectivity index is 2.25. The van der Waals surface area contributed by atoms with Gasteiger partial charge < -0.3 is 20.1 Å². The lowest BCUT2D eigenvalue weighted by atomic mass is 9.46. The molecule has 0 aliphatic heterocycles. The zero-order valence-corrected chi connectivity index (χ0v) is 16.3. The number of aliphatic hydroxyl groups excluding tert-OH is 3. The lowest BCUT2D eigenvalue weighted by Gasteiger charge is -2.59. The van der Waals surface area contributed by atoms with Crippen LogP contribution in [-0.2, 0) is 19.1 Å². The molecular formula is C21H26O7. The van der Waals surface area contributed by atoms with Crippen molar-refractivity contribution in [3.05, 3.63) is 35.1 Å². The predicted molar refractivity (Wildman–Crippen MR) is 99.1 cm³/mol.